The Balaban J connectivity index is 2.60. The molecule has 4 heteroatoms. The third kappa shape index (κ3) is 4.96. The Morgan fingerprint density at radius 3 is 2.65 bits per heavy atom. The number of halogens is 2. The largest absolute Gasteiger partial charge is 0.368 e. The van der Waals surface area contributed by atoms with Crippen LogP contribution in [0.5, 0.6) is 0 Å². The standard InChI is InChI=1S/C13H16BrFO2/c1-13(2,3)17-8-10(16)7-9-5-4-6-11(15)12(9)14/h4-6H,7-8H2,1-3H3. The van der Waals surface area contributed by atoms with Crippen LogP contribution in [0.4, 0.5) is 4.39 Å². The molecule has 0 amide bonds. The summed E-state index contributed by atoms with van der Waals surface area (Å²) in [5.41, 5.74) is 0.307. The molecular formula is C13H16BrFO2. The Morgan fingerprint density at radius 2 is 2.06 bits per heavy atom. The molecule has 0 spiro atoms. The van der Waals surface area contributed by atoms with Gasteiger partial charge in [-0.05, 0) is 48.3 Å². The number of carbonyl (C=O) groups is 1. The molecule has 0 atom stereocenters. The smallest absolute Gasteiger partial charge is 0.162 e. The van der Waals surface area contributed by atoms with Gasteiger partial charge in [0.05, 0.1) is 10.1 Å². The topological polar surface area (TPSA) is 26.3 Å². The second-order valence-corrected chi connectivity index (χ2v) is 5.62. The molecule has 0 unspecified atom stereocenters. The number of carbonyl (C=O) groups excluding carboxylic acids is 1. The lowest BCUT2D eigenvalue weighted by Crippen LogP contribution is -2.24. The first-order valence-electron chi connectivity index (χ1n) is 5.38. The molecular weight excluding hydrogens is 287 g/mol. The van der Waals surface area contributed by atoms with Gasteiger partial charge in [-0.2, -0.15) is 0 Å². The van der Waals surface area contributed by atoms with E-state index in [9.17, 15) is 9.18 Å². The Kier molecular flexibility index (Phi) is 4.83. The van der Waals surface area contributed by atoms with Crippen molar-refractivity contribution < 1.29 is 13.9 Å². The van der Waals surface area contributed by atoms with Gasteiger partial charge in [0.1, 0.15) is 12.4 Å². The van der Waals surface area contributed by atoms with E-state index in [0.29, 0.717) is 10.0 Å². The lowest BCUT2D eigenvalue weighted by atomic mass is 10.1. The summed E-state index contributed by atoms with van der Waals surface area (Å²) in [6.07, 6.45) is 0.175. The lowest BCUT2D eigenvalue weighted by molar-refractivity contribution is -0.127. The number of hydrogen-bond acceptors (Lipinski definition) is 2. The first kappa shape index (κ1) is 14.3. The average molecular weight is 303 g/mol. The van der Waals surface area contributed by atoms with Gasteiger partial charge in [0.2, 0.25) is 0 Å². The van der Waals surface area contributed by atoms with Crippen molar-refractivity contribution in [1.29, 1.82) is 0 Å². The molecule has 0 heterocycles. The molecule has 2 nitrogen and oxygen atoms in total. The van der Waals surface area contributed by atoms with Gasteiger partial charge in [-0.1, -0.05) is 12.1 Å². The zero-order chi connectivity index (χ0) is 13.1. The number of ether oxygens (including phenoxy) is 1. The molecule has 1 rings (SSSR count). The van der Waals surface area contributed by atoms with Gasteiger partial charge >= 0.3 is 0 Å². The highest BCUT2D eigenvalue weighted by molar-refractivity contribution is 9.10. The molecule has 0 radical (unpaired) electrons. The highest BCUT2D eigenvalue weighted by Crippen LogP contribution is 2.21. The molecule has 0 fully saturated rings. The predicted octanol–water partition coefficient (Wildman–Crippen LogP) is 3.51. The van der Waals surface area contributed by atoms with Gasteiger partial charge in [0, 0.05) is 6.42 Å². The second-order valence-electron chi connectivity index (χ2n) is 4.83. The van der Waals surface area contributed by atoms with Crippen LogP contribution in [0.2, 0.25) is 0 Å². The second kappa shape index (κ2) is 5.74. The minimum absolute atomic E-state index is 0.0481. The maximum Gasteiger partial charge on any atom is 0.162 e. The van der Waals surface area contributed by atoms with Crippen molar-refractivity contribution in [3.63, 3.8) is 0 Å². The number of Topliss-reactive ketones (excluding diaryl/α,β-unsaturated/α-hetero) is 1. The van der Waals surface area contributed by atoms with Gasteiger partial charge in [-0.3, -0.25) is 4.79 Å². The van der Waals surface area contributed by atoms with E-state index in [-0.39, 0.29) is 30.2 Å². The molecule has 1 aromatic carbocycles. The van der Waals surface area contributed by atoms with Crippen molar-refractivity contribution in [2.24, 2.45) is 0 Å². The Bertz CT molecular complexity index is 410. The van der Waals surface area contributed by atoms with E-state index < -0.39 is 0 Å². The summed E-state index contributed by atoms with van der Waals surface area (Å²) in [4.78, 5) is 11.7. The molecule has 0 bridgehead atoms. The average Bonchev–Trinajstić information content (AvgIpc) is 2.21. The molecule has 0 saturated carbocycles. The van der Waals surface area contributed by atoms with Crippen LogP contribution in [0.15, 0.2) is 22.7 Å². The Morgan fingerprint density at radius 1 is 1.41 bits per heavy atom. The summed E-state index contributed by atoms with van der Waals surface area (Å²) in [7, 11) is 0. The third-order valence-electron chi connectivity index (χ3n) is 2.09. The van der Waals surface area contributed by atoms with E-state index in [1.807, 2.05) is 20.8 Å². The third-order valence-corrected chi connectivity index (χ3v) is 2.97. The molecule has 17 heavy (non-hydrogen) atoms. The van der Waals surface area contributed by atoms with Crippen molar-refractivity contribution in [2.75, 3.05) is 6.61 Å². The number of benzene rings is 1. The van der Waals surface area contributed by atoms with Crippen molar-refractivity contribution >= 4 is 21.7 Å². The summed E-state index contributed by atoms with van der Waals surface area (Å²) in [6, 6.07) is 4.67. The van der Waals surface area contributed by atoms with Crippen LogP contribution in [-0.4, -0.2) is 18.0 Å². The lowest BCUT2D eigenvalue weighted by Gasteiger charge is -2.18. The Labute approximate surface area is 109 Å². The number of rotatable bonds is 4. The summed E-state index contributed by atoms with van der Waals surface area (Å²) in [5, 5.41) is 0. The fourth-order valence-corrected chi connectivity index (χ4v) is 1.65. The monoisotopic (exact) mass is 302 g/mol. The summed E-state index contributed by atoms with van der Waals surface area (Å²) >= 11 is 3.13. The summed E-state index contributed by atoms with van der Waals surface area (Å²) in [6.45, 7) is 5.71. The maximum absolute atomic E-state index is 13.2. The SMILES string of the molecule is CC(C)(C)OCC(=O)Cc1cccc(F)c1Br. The van der Waals surface area contributed by atoms with Gasteiger partial charge in [0.15, 0.2) is 5.78 Å². The summed E-state index contributed by atoms with van der Waals surface area (Å²) in [5.74, 6) is -0.418. The van der Waals surface area contributed by atoms with Gasteiger partial charge in [0.25, 0.3) is 0 Å². The highest BCUT2D eigenvalue weighted by atomic mass is 79.9. The molecule has 0 N–H and O–H groups in total. The minimum Gasteiger partial charge on any atom is -0.368 e. The van der Waals surface area contributed by atoms with Gasteiger partial charge in [-0.15, -0.1) is 0 Å². The van der Waals surface area contributed by atoms with Crippen LogP contribution < -0.4 is 0 Å². The van der Waals surface area contributed by atoms with Crippen LogP contribution in [-0.2, 0) is 16.0 Å². The van der Waals surface area contributed by atoms with E-state index in [1.165, 1.54) is 6.07 Å². The quantitative estimate of drug-likeness (QED) is 0.851. The fraction of sp³-hybridized carbons (Fsp3) is 0.462. The molecule has 0 saturated heterocycles. The van der Waals surface area contributed by atoms with E-state index in [1.54, 1.807) is 12.1 Å². The molecule has 0 aliphatic rings. The van der Waals surface area contributed by atoms with Crippen LogP contribution in [0, 0.1) is 5.82 Å². The predicted molar refractivity (Wildman–Crippen MR) is 68.5 cm³/mol. The number of ketones is 1. The van der Waals surface area contributed by atoms with Gasteiger partial charge < -0.3 is 4.74 Å². The van der Waals surface area contributed by atoms with E-state index in [0.717, 1.165) is 0 Å². The number of hydrogen-bond donors (Lipinski definition) is 0. The first-order valence-corrected chi connectivity index (χ1v) is 6.17. The van der Waals surface area contributed by atoms with Crippen molar-refractivity contribution in [1.82, 2.24) is 0 Å². The zero-order valence-corrected chi connectivity index (χ0v) is 11.8. The summed E-state index contributed by atoms with van der Waals surface area (Å²) < 4.78 is 18.9. The molecule has 0 aliphatic carbocycles. The van der Waals surface area contributed by atoms with Crippen LogP contribution in [0.1, 0.15) is 26.3 Å². The van der Waals surface area contributed by atoms with Crippen LogP contribution in [0.25, 0.3) is 0 Å². The van der Waals surface area contributed by atoms with Crippen LogP contribution in [0.3, 0.4) is 0 Å². The molecule has 94 valence electrons. The fourth-order valence-electron chi connectivity index (χ4n) is 1.25. The Hall–Kier alpha value is -0.740. The van der Waals surface area contributed by atoms with Crippen molar-refractivity contribution in [3.05, 3.63) is 34.1 Å². The normalized spacial score (nSPS) is 11.6. The molecule has 0 aliphatic heterocycles. The van der Waals surface area contributed by atoms with Crippen LogP contribution >= 0.6 is 15.9 Å². The zero-order valence-electron chi connectivity index (χ0n) is 10.2. The van der Waals surface area contributed by atoms with E-state index >= 15 is 0 Å². The minimum atomic E-state index is -0.355. The molecule has 0 aromatic heterocycles. The van der Waals surface area contributed by atoms with E-state index in [4.69, 9.17) is 4.74 Å². The van der Waals surface area contributed by atoms with Crippen molar-refractivity contribution in [3.8, 4) is 0 Å². The maximum atomic E-state index is 13.2. The first-order chi connectivity index (χ1) is 7.79. The molecule has 1 aromatic rings. The van der Waals surface area contributed by atoms with Gasteiger partial charge in [-0.25, -0.2) is 4.39 Å². The highest BCUT2D eigenvalue weighted by Gasteiger charge is 2.14. The van der Waals surface area contributed by atoms with E-state index in [2.05, 4.69) is 15.9 Å². The van der Waals surface area contributed by atoms with Crippen molar-refractivity contribution in [2.45, 2.75) is 32.8 Å².